The summed E-state index contributed by atoms with van der Waals surface area (Å²) in [5.74, 6) is -0.148. The number of esters is 3. The molecule has 0 N–H and O–H groups in total. The summed E-state index contributed by atoms with van der Waals surface area (Å²) in [4.78, 5) is 36.8. The summed E-state index contributed by atoms with van der Waals surface area (Å²) in [6, 6.07) is 8.93. The van der Waals surface area contributed by atoms with Crippen LogP contribution in [-0.2, 0) is 28.6 Å². The first-order valence-corrected chi connectivity index (χ1v) is 7.39. The minimum atomic E-state index is -1.83. The van der Waals surface area contributed by atoms with Crippen molar-refractivity contribution < 1.29 is 28.6 Å². The normalized spacial score (nSPS) is 11.2. The minimum Gasteiger partial charge on any atom is -0.468 e. The standard InChI is InChI=1S/C19H20O6/c1-5-11-19(17(21)24-3,18(22)25-4)13-15(16(20)23-2)12-14-9-7-6-8-10-14/h1,6-10,12H,11,13H2,2-4H3/b15-12-. The molecule has 0 atom stereocenters. The Bertz CT molecular complexity index is 680. The fraction of sp³-hybridized carbons (Fsp3) is 0.316. The molecule has 0 radical (unpaired) electrons. The minimum absolute atomic E-state index is 0.0970. The lowest BCUT2D eigenvalue weighted by molar-refractivity contribution is -0.168. The molecule has 6 nitrogen and oxygen atoms in total. The Hall–Kier alpha value is -3.07. The molecule has 0 heterocycles. The monoisotopic (exact) mass is 344 g/mol. The van der Waals surface area contributed by atoms with Crippen LogP contribution in [0.15, 0.2) is 35.9 Å². The second-order valence-electron chi connectivity index (χ2n) is 5.19. The predicted octanol–water partition coefficient (Wildman–Crippen LogP) is 1.99. The van der Waals surface area contributed by atoms with Gasteiger partial charge in [0, 0.05) is 18.4 Å². The highest BCUT2D eigenvalue weighted by Gasteiger charge is 2.49. The van der Waals surface area contributed by atoms with Gasteiger partial charge in [-0.1, -0.05) is 30.3 Å². The Labute approximate surface area is 146 Å². The number of methoxy groups -OCH3 is 3. The van der Waals surface area contributed by atoms with Crippen molar-refractivity contribution in [2.24, 2.45) is 5.41 Å². The van der Waals surface area contributed by atoms with E-state index in [-0.39, 0.29) is 18.4 Å². The van der Waals surface area contributed by atoms with Gasteiger partial charge in [0.25, 0.3) is 0 Å². The molecule has 132 valence electrons. The van der Waals surface area contributed by atoms with Crippen molar-refractivity contribution in [2.45, 2.75) is 12.8 Å². The maximum absolute atomic E-state index is 12.3. The maximum atomic E-state index is 12.3. The summed E-state index contributed by atoms with van der Waals surface area (Å²) in [5, 5.41) is 0. The van der Waals surface area contributed by atoms with E-state index in [1.165, 1.54) is 13.2 Å². The molecule has 0 fully saturated rings. The van der Waals surface area contributed by atoms with Crippen molar-refractivity contribution in [3.8, 4) is 12.3 Å². The Balaban J connectivity index is 3.44. The van der Waals surface area contributed by atoms with Crippen LogP contribution in [-0.4, -0.2) is 39.2 Å². The number of rotatable bonds is 7. The highest BCUT2D eigenvalue weighted by Crippen LogP contribution is 2.34. The topological polar surface area (TPSA) is 78.9 Å². The first-order chi connectivity index (χ1) is 11.9. The fourth-order valence-corrected chi connectivity index (χ4v) is 2.39. The Morgan fingerprint density at radius 1 is 1.04 bits per heavy atom. The van der Waals surface area contributed by atoms with E-state index in [0.717, 1.165) is 14.2 Å². The number of hydrogen-bond acceptors (Lipinski definition) is 6. The lowest BCUT2D eigenvalue weighted by Gasteiger charge is -2.26. The molecular formula is C19H20O6. The van der Waals surface area contributed by atoms with Crippen LogP contribution in [0.2, 0.25) is 0 Å². The number of ether oxygens (including phenoxy) is 3. The lowest BCUT2D eigenvalue weighted by Crippen LogP contribution is -2.42. The van der Waals surface area contributed by atoms with E-state index in [2.05, 4.69) is 5.92 Å². The fourth-order valence-electron chi connectivity index (χ4n) is 2.39. The molecule has 25 heavy (non-hydrogen) atoms. The van der Waals surface area contributed by atoms with Gasteiger partial charge in [0.05, 0.1) is 21.3 Å². The SMILES string of the molecule is C#CCC(C/C(=C/c1ccccc1)C(=O)OC)(C(=O)OC)C(=O)OC. The van der Waals surface area contributed by atoms with Crippen molar-refractivity contribution in [3.63, 3.8) is 0 Å². The van der Waals surface area contributed by atoms with Gasteiger partial charge in [-0.2, -0.15) is 0 Å². The molecule has 0 saturated heterocycles. The zero-order valence-corrected chi connectivity index (χ0v) is 14.4. The molecular weight excluding hydrogens is 324 g/mol. The third-order valence-electron chi connectivity index (χ3n) is 3.64. The van der Waals surface area contributed by atoms with Gasteiger partial charge >= 0.3 is 17.9 Å². The Morgan fingerprint density at radius 2 is 1.60 bits per heavy atom. The molecule has 0 saturated carbocycles. The van der Waals surface area contributed by atoms with E-state index in [0.29, 0.717) is 5.56 Å². The van der Waals surface area contributed by atoms with Crippen molar-refractivity contribution in [1.29, 1.82) is 0 Å². The van der Waals surface area contributed by atoms with Gasteiger partial charge in [-0.15, -0.1) is 12.3 Å². The van der Waals surface area contributed by atoms with E-state index in [4.69, 9.17) is 20.6 Å². The molecule has 0 spiro atoms. The largest absolute Gasteiger partial charge is 0.468 e. The summed E-state index contributed by atoms with van der Waals surface area (Å²) < 4.78 is 14.3. The van der Waals surface area contributed by atoms with E-state index >= 15 is 0 Å². The molecule has 6 heteroatoms. The number of terminal acetylenes is 1. The van der Waals surface area contributed by atoms with Crippen LogP contribution in [0.4, 0.5) is 0 Å². The van der Waals surface area contributed by atoms with Crippen molar-refractivity contribution in [1.82, 2.24) is 0 Å². The Kier molecular flexibility index (Phi) is 7.42. The van der Waals surface area contributed by atoms with E-state index in [1.807, 2.05) is 6.07 Å². The van der Waals surface area contributed by atoms with Gasteiger partial charge in [-0.3, -0.25) is 9.59 Å². The number of hydrogen-bond donors (Lipinski definition) is 0. The molecule has 1 rings (SSSR count). The highest BCUT2D eigenvalue weighted by molar-refractivity contribution is 6.03. The van der Waals surface area contributed by atoms with Crippen LogP contribution in [0, 0.1) is 17.8 Å². The predicted molar refractivity (Wildman–Crippen MR) is 91.0 cm³/mol. The zero-order chi connectivity index (χ0) is 18.9. The van der Waals surface area contributed by atoms with Crippen LogP contribution in [0.1, 0.15) is 18.4 Å². The van der Waals surface area contributed by atoms with E-state index in [9.17, 15) is 14.4 Å². The van der Waals surface area contributed by atoms with Gasteiger partial charge in [0.1, 0.15) is 0 Å². The summed E-state index contributed by atoms with van der Waals surface area (Å²) >= 11 is 0. The average molecular weight is 344 g/mol. The van der Waals surface area contributed by atoms with Gasteiger partial charge < -0.3 is 14.2 Å². The average Bonchev–Trinajstić information content (AvgIpc) is 2.65. The number of benzene rings is 1. The second kappa shape index (κ2) is 9.28. The van der Waals surface area contributed by atoms with Crippen molar-refractivity contribution in [2.75, 3.05) is 21.3 Å². The van der Waals surface area contributed by atoms with E-state index in [1.54, 1.807) is 24.3 Å². The molecule has 0 aliphatic carbocycles. The van der Waals surface area contributed by atoms with Gasteiger partial charge in [0.2, 0.25) is 0 Å². The summed E-state index contributed by atoms with van der Waals surface area (Å²) in [6.45, 7) is 0. The summed E-state index contributed by atoms with van der Waals surface area (Å²) in [7, 11) is 3.48. The molecule has 0 aliphatic rings. The molecule has 0 bridgehead atoms. The van der Waals surface area contributed by atoms with Gasteiger partial charge in [-0.05, 0) is 11.6 Å². The van der Waals surface area contributed by atoms with Gasteiger partial charge in [0.15, 0.2) is 5.41 Å². The van der Waals surface area contributed by atoms with Crippen LogP contribution in [0.25, 0.3) is 6.08 Å². The summed E-state index contributed by atoms with van der Waals surface area (Å²) in [6.07, 6.45) is 6.28. The van der Waals surface area contributed by atoms with Crippen molar-refractivity contribution in [3.05, 3.63) is 41.5 Å². The molecule has 0 unspecified atom stereocenters. The van der Waals surface area contributed by atoms with Crippen LogP contribution >= 0.6 is 0 Å². The quantitative estimate of drug-likeness (QED) is 0.247. The van der Waals surface area contributed by atoms with E-state index < -0.39 is 23.3 Å². The molecule has 1 aromatic carbocycles. The van der Waals surface area contributed by atoms with Crippen molar-refractivity contribution >= 4 is 24.0 Å². The van der Waals surface area contributed by atoms with Gasteiger partial charge in [-0.25, -0.2) is 4.79 Å². The smallest absolute Gasteiger partial charge is 0.333 e. The first kappa shape index (κ1) is 20.0. The number of carbonyl (C=O) groups excluding carboxylic acids is 3. The third kappa shape index (κ3) is 4.70. The lowest BCUT2D eigenvalue weighted by atomic mass is 9.78. The molecule has 0 aliphatic heterocycles. The molecule has 1 aromatic rings. The third-order valence-corrected chi connectivity index (χ3v) is 3.64. The molecule has 0 aromatic heterocycles. The first-order valence-electron chi connectivity index (χ1n) is 7.39. The second-order valence-corrected chi connectivity index (χ2v) is 5.19. The maximum Gasteiger partial charge on any atom is 0.333 e. The highest BCUT2D eigenvalue weighted by atomic mass is 16.5. The van der Waals surface area contributed by atoms with Crippen LogP contribution < -0.4 is 0 Å². The van der Waals surface area contributed by atoms with Crippen LogP contribution in [0.5, 0.6) is 0 Å². The number of carbonyl (C=O) groups is 3. The summed E-state index contributed by atoms with van der Waals surface area (Å²) in [5.41, 5.74) is -1.03. The Morgan fingerprint density at radius 3 is 2.04 bits per heavy atom. The zero-order valence-electron chi connectivity index (χ0n) is 14.4. The molecule has 0 amide bonds. The van der Waals surface area contributed by atoms with Crippen LogP contribution in [0.3, 0.4) is 0 Å².